The van der Waals surface area contributed by atoms with E-state index in [0.717, 1.165) is 5.56 Å². The van der Waals surface area contributed by atoms with E-state index in [1.165, 1.54) is 0 Å². The fraction of sp³-hybridized carbons (Fsp3) is 0.562. The minimum Gasteiger partial charge on any atom is -0.388 e. The molecule has 1 aromatic rings. The van der Waals surface area contributed by atoms with Crippen molar-refractivity contribution < 1.29 is 14.6 Å². The molecule has 0 aliphatic heterocycles. The second kappa shape index (κ2) is 8.02. The molecule has 0 aliphatic carbocycles. The lowest BCUT2D eigenvalue weighted by Crippen LogP contribution is -2.45. The summed E-state index contributed by atoms with van der Waals surface area (Å²) in [6, 6.07) is 9.73. The van der Waals surface area contributed by atoms with Gasteiger partial charge in [-0.25, -0.2) is 0 Å². The zero-order valence-electron chi connectivity index (χ0n) is 12.6. The number of carbonyl (C=O) groups is 1. The molecule has 0 bridgehead atoms. The lowest BCUT2D eigenvalue weighted by molar-refractivity contribution is -0.133. The van der Waals surface area contributed by atoms with Crippen molar-refractivity contribution in [2.75, 3.05) is 6.54 Å². The normalized spacial score (nSPS) is 13.0. The molecule has 2 N–H and O–H groups in total. The minimum absolute atomic E-state index is 0.193. The van der Waals surface area contributed by atoms with Gasteiger partial charge in [0.1, 0.15) is 6.10 Å². The standard InChI is InChI=1S/C16H25NO3/c1-4-16(19,5-2)12-17-15(18)13(3)20-11-14-9-7-6-8-10-14/h6-10,13,19H,4-5,11-12H2,1-3H3,(H,17,18). The van der Waals surface area contributed by atoms with Crippen molar-refractivity contribution in [3.63, 3.8) is 0 Å². The molecule has 0 saturated heterocycles. The Bertz CT molecular complexity index is 401. The lowest BCUT2D eigenvalue weighted by atomic mass is 9.97. The number of benzene rings is 1. The van der Waals surface area contributed by atoms with Crippen LogP contribution in [0.2, 0.25) is 0 Å². The maximum atomic E-state index is 11.9. The van der Waals surface area contributed by atoms with Crippen molar-refractivity contribution in [3.05, 3.63) is 35.9 Å². The van der Waals surface area contributed by atoms with Gasteiger partial charge in [0.2, 0.25) is 5.91 Å². The van der Waals surface area contributed by atoms with Gasteiger partial charge in [0.25, 0.3) is 0 Å². The van der Waals surface area contributed by atoms with Gasteiger partial charge < -0.3 is 15.2 Å². The third-order valence-electron chi connectivity index (χ3n) is 3.62. The molecule has 20 heavy (non-hydrogen) atoms. The molecule has 0 radical (unpaired) electrons. The molecular formula is C16H25NO3. The average Bonchev–Trinajstić information content (AvgIpc) is 2.50. The summed E-state index contributed by atoms with van der Waals surface area (Å²) in [6.45, 7) is 6.20. The van der Waals surface area contributed by atoms with Crippen molar-refractivity contribution >= 4 is 5.91 Å². The molecule has 0 saturated carbocycles. The van der Waals surface area contributed by atoms with Crippen LogP contribution in [-0.2, 0) is 16.1 Å². The molecule has 0 fully saturated rings. The predicted molar refractivity (Wildman–Crippen MR) is 79.2 cm³/mol. The Morgan fingerprint density at radius 2 is 1.90 bits per heavy atom. The third kappa shape index (κ3) is 5.31. The Kier molecular flexibility index (Phi) is 6.68. The van der Waals surface area contributed by atoms with Crippen LogP contribution < -0.4 is 5.32 Å². The summed E-state index contributed by atoms with van der Waals surface area (Å²) in [7, 11) is 0. The zero-order chi connectivity index (χ0) is 15.0. The second-order valence-electron chi connectivity index (χ2n) is 5.09. The van der Waals surface area contributed by atoms with Gasteiger partial charge in [-0.05, 0) is 25.3 Å². The van der Waals surface area contributed by atoms with Crippen LogP contribution in [0.3, 0.4) is 0 Å². The number of rotatable bonds is 8. The SMILES string of the molecule is CCC(O)(CC)CNC(=O)C(C)OCc1ccccc1. The van der Waals surface area contributed by atoms with Gasteiger partial charge in [-0.3, -0.25) is 4.79 Å². The molecule has 4 nitrogen and oxygen atoms in total. The van der Waals surface area contributed by atoms with Gasteiger partial charge in [0, 0.05) is 6.54 Å². The Morgan fingerprint density at radius 1 is 1.30 bits per heavy atom. The van der Waals surface area contributed by atoms with E-state index in [2.05, 4.69) is 5.32 Å². The molecule has 0 aromatic heterocycles. The summed E-state index contributed by atoms with van der Waals surface area (Å²) in [4.78, 5) is 11.9. The van der Waals surface area contributed by atoms with Crippen LogP contribution in [0.4, 0.5) is 0 Å². The van der Waals surface area contributed by atoms with Crippen molar-refractivity contribution in [1.82, 2.24) is 5.32 Å². The fourth-order valence-electron chi connectivity index (χ4n) is 1.77. The molecule has 4 heteroatoms. The van der Waals surface area contributed by atoms with Crippen LogP contribution in [0.15, 0.2) is 30.3 Å². The van der Waals surface area contributed by atoms with Gasteiger partial charge in [0.15, 0.2) is 0 Å². The number of hydrogen-bond acceptors (Lipinski definition) is 3. The Labute approximate surface area is 121 Å². The number of hydrogen-bond donors (Lipinski definition) is 2. The fourth-order valence-corrected chi connectivity index (χ4v) is 1.77. The van der Waals surface area contributed by atoms with E-state index in [9.17, 15) is 9.90 Å². The van der Waals surface area contributed by atoms with Crippen molar-refractivity contribution in [2.45, 2.75) is 51.9 Å². The van der Waals surface area contributed by atoms with Crippen LogP contribution in [0, 0.1) is 0 Å². The van der Waals surface area contributed by atoms with E-state index in [0.29, 0.717) is 19.4 Å². The number of nitrogens with one attached hydrogen (secondary N) is 1. The summed E-state index contributed by atoms with van der Waals surface area (Å²) in [5, 5.41) is 12.9. The van der Waals surface area contributed by atoms with Crippen LogP contribution in [0.5, 0.6) is 0 Å². The van der Waals surface area contributed by atoms with E-state index in [1.807, 2.05) is 44.2 Å². The van der Waals surface area contributed by atoms with Crippen molar-refractivity contribution in [3.8, 4) is 0 Å². The summed E-state index contributed by atoms with van der Waals surface area (Å²) >= 11 is 0. The molecule has 0 aliphatic rings. The van der Waals surface area contributed by atoms with Gasteiger partial charge in [-0.15, -0.1) is 0 Å². The van der Waals surface area contributed by atoms with Crippen LogP contribution in [0.25, 0.3) is 0 Å². The zero-order valence-corrected chi connectivity index (χ0v) is 12.6. The van der Waals surface area contributed by atoms with Crippen molar-refractivity contribution in [2.24, 2.45) is 0 Å². The number of carbonyl (C=O) groups excluding carboxylic acids is 1. The Hall–Kier alpha value is -1.39. The summed E-state index contributed by atoms with van der Waals surface area (Å²) in [5.74, 6) is -0.193. The number of ether oxygens (including phenoxy) is 1. The first-order chi connectivity index (χ1) is 9.50. The highest BCUT2D eigenvalue weighted by molar-refractivity contribution is 5.80. The maximum absolute atomic E-state index is 11.9. The van der Waals surface area contributed by atoms with Crippen LogP contribution >= 0.6 is 0 Å². The molecule has 1 amide bonds. The molecule has 1 unspecified atom stereocenters. The molecule has 1 atom stereocenters. The first-order valence-electron chi connectivity index (χ1n) is 7.16. The van der Waals surface area contributed by atoms with Gasteiger partial charge in [-0.1, -0.05) is 44.2 Å². The van der Waals surface area contributed by atoms with Crippen LogP contribution in [0.1, 0.15) is 39.2 Å². The first-order valence-corrected chi connectivity index (χ1v) is 7.16. The molecule has 112 valence electrons. The third-order valence-corrected chi connectivity index (χ3v) is 3.62. The van der Waals surface area contributed by atoms with Crippen LogP contribution in [-0.4, -0.2) is 29.3 Å². The Balaban J connectivity index is 2.36. The van der Waals surface area contributed by atoms with Gasteiger partial charge in [0.05, 0.1) is 12.2 Å². The van der Waals surface area contributed by atoms with E-state index in [-0.39, 0.29) is 12.5 Å². The molecule has 1 aromatic carbocycles. The van der Waals surface area contributed by atoms with E-state index in [4.69, 9.17) is 4.74 Å². The maximum Gasteiger partial charge on any atom is 0.248 e. The second-order valence-corrected chi connectivity index (χ2v) is 5.09. The van der Waals surface area contributed by atoms with E-state index >= 15 is 0 Å². The van der Waals surface area contributed by atoms with Crippen molar-refractivity contribution in [1.29, 1.82) is 0 Å². The average molecular weight is 279 g/mol. The van der Waals surface area contributed by atoms with E-state index in [1.54, 1.807) is 6.92 Å². The van der Waals surface area contributed by atoms with Gasteiger partial charge in [-0.2, -0.15) is 0 Å². The smallest absolute Gasteiger partial charge is 0.248 e. The summed E-state index contributed by atoms with van der Waals surface area (Å²) < 4.78 is 5.53. The topological polar surface area (TPSA) is 58.6 Å². The number of aliphatic hydroxyl groups is 1. The quantitative estimate of drug-likeness (QED) is 0.767. The highest BCUT2D eigenvalue weighted by atomic mass is 16.5. The monoisotopic (exact) mass is 279 g/mol. The van der Waals surface area contributed by atoms with E-state index < -0.39 is 11.7 Å². The lowest BCUT2D eigenvalue weighted by Gasteiger charge is -2.26. The number of amides is 1. The minimum atomic E-state index is -0.825. The largest absolute Gasteiger partial charge is 0.388 e. The highest BCUT2D eigenvalue weighted by Gasteiger charge is 2.24. The highest BCUT2D eigenvalue weighted by Crippen LogP contribution is 2.13. The molecule has 1 rings (SSSR count). The molecular weight excluding hydrogens is 254 g/mol. The molecule has 0 heterocycles. The predicted octanol–water partition coefficient (Wildman–Crippen LogP) is 2.26. The van der Waals surface area contributed by atoms with Gasteiger partial charge >= 0.3 is 0 Å². The first kappa shape index (κ1) is 16.7. The molecule has 0 spiro atoms. The Morgan fingerprint density at radius 3 is 2.45 bits per heavy atom. The summed E-state index contributed by atoms with van der Waals surface area (Å²) in [5.41, 5.74) is 0.209. The summed E-state index contributed by atoms with van der Waals surface area (Å²) in [6.07, 6.45) is 0.694.